The van der Waals surface area contributed by atoms with Gasteiger partial charge in [-0.25, -0.2) is 9.98 Å². The van der Waals surface area contributed by atoms with Crippen molar-refractivity contribution in [2.24, 2.45) is 15.9 Å². The van der Waals surface area contributed by atoms with Gasteiger partial charge in [-0.3, -0.25) is 14.9 Å². The van der Waals surface area contributed by atoms with Crippen molar-refractivity contribution in [3.63, 3.8) is 0 Å². The van der Waals surface area contributed by atoms with Crippen LogP contribution >= 0.6 is 0 Å². The summed E-state index contributed by atoms with van der Waals surface area (Å²) in [4.78, 5) is 28.4. The number of amides is 1. The van der Waals surface area contributed by atoms with Gasteiger partial charge in [-0.2, -0.15) is 0 Å². The molecule has 14 heavy (non-hydrogen) atoms. The molecular weight excluding hydrogens is 186 g/mol. The fraction of sp³-hybridized carbons (Fsp3) is 0.125. The standard InChI is InChI=1S/C8H5N3O3/c12-8-6-3-5(11(13)14)1-2-7(6)9-4-10-8/h1-4,6H. The predicted molar refractivity (Wildman–Crippen MR) is 48.6 cm³/mol. The molecule has 2 aliphatic rings. The van der Waals surface area contributed by atoms with Crippen molar-refractivity contribution in [1.82, 2.24) is 0 Å². The number of hydrogen-bond donors (Lipinski definition) is 0. The summed E-state index contributed by atoms with van der Waals surface area (Å²) in [5.74, 6) is -1.11. The van der Waals surface area contributed by atoms with Gasteiger partial charge in [0.05, 0.1) is 10.6 Å². The van der Waals surface area contributed by atoms with Crippen LogP contribution in [0.2, 0.25) is 0 Å². The van der Waals surface area contributed by atoms with Crippen molar-refractivity contribution in [2.45, 2.75) is 0 Å². The van der Waals surface area contributed by atoms with Gasteiger partial charge in [0.1, 0.15) is 12.3 Å². The molecule has 0 aromatic rings. The Labute approximate surface area is 78.5 Å². The highest BCUT2D eigenvalue weighted by atomic mass is 16.6. The van der Waals surface area contributed by atoms with Crippen molar-refractivity contribution in [3.8, 4) is 0 Å². The molecule has 0 bridgehead atoms. The van der Waals surface area contributed by atoms with Gasteiger partial charge in [0, 0.05) is 12.2 Å². The number of nitrogens with zero attached hydrogens (tertiary/aromatic N) is 3. The molecule has 0 radical (unpaired) electrons. The van der Waals surface area contributed by atoms with Crippen molar-refractivity contribution in [1.29, 1.82) is 0 Å². The van der Waals surface area contributed by atoms with E-state index < -0.39 is 16.7 Å². The van der Waals surface area contributed by atoms with E-state index in [-0.39, 0.29) is 5.70 Å². The van der Waals surface area contributed by atoms with Crippen LogP contribution in [0.5, 0.6) is 0 Å². The first-order valence-electron chi connectivity index (χ1n) is 3.87. The zero-order valence-corrected chi connectivity index (χ0v) is 6.95. The molecule has 1 unspecified atom stereocenters. The lowest BCUT2D eigenvalue weighted by Gasteiger charge is -2.13. The van der Waals surface area contributed by atoms with E-state index in [1.165, 1.54) is 18.2 Å². The third-order valence-corrected chi connectivity index (χ3v) is 1.95. The quantitative estimate of drug-likeness (QED) is 0.442. The van der Waals surface area contributed by atoms with E-state index in [9.17, 15) is 14.9 Å². The molecule has 0 aromatic heterocycles. The minimum atomic E-state index is -0.689. The first-order chi connectivity index (χ1) is 6.68. The maximum atomic E-state index is 11.2. The highest BCUT2D eigenvalue weighted by molar-refractivity contribution is 6.18. The molecule has 0 N–H and O–H groups in total. The Kier molecular flexibility index (Phi) is 1.81. The van der Waals surface area contributed by atoms with Crippen LogP contribution in [-0.2, 0) is 4.79 Å². The van der Waals surface area contributed by atoms with E-state index in [4.69, 9.17) is 0 Å². The van der Waals surface area contributed by atoms with Crippen molar-refractivity contribution >= 4 is 18.0 Å². The normalized spacial score (nSPS) is 24.0. The van der Waals surface area contributed by atoms with Gasteiger partial charge in [-0.15, -0.1) is 0 Å². The molecule has 6 nitrogen and oxygen atoms in total. The van der Waals surface area contributed by atoms with Crippen LogP contribution in [0, 0.1) is 16.0 Å². The minimum Gasteiger partial charge on any atom is -0.271 e. The van der Waals surface area contributed by atoms with E-state index in [1.54, 1.807) is 0 Å². The number of aliphatic imine (C=N–C) groups is 2. The van der Waals surface area contributed by atoms with E-state index >= 15 is 0 Å². The van der Waals surface area contributed by atoms with Crippen LogP contribution in [0.25, 0.3) is 0 Å². The second-order valence-electron chi connectivity index (χ2n) is 2.80. The molecule has 0 saturated heterocycles. The topological polar surface area (TPSA) is 84.9 Å². The van der Waals surface area contributed by atoms with Gasteiger partial charge in [0.25, 0.3) is 11.6 Å². The predicted octanol–water partition coefficient (Wildman–Crippen LogP) is 0.343. The van der Waals surface area contributed by atoms with Crippen molar-refractivity contribution < 1.29 is 9.72 Å². The molecule has 70 valence electrons. The van der Waals surface area contributed by atoms with Crippen LogP contribution in [0.1, 0.15) is 0 Å². The Bertz CT molecular complexity index is 431. The molecule has 0 spiro atoms. The Balaban J connectivity index is 2.40. The molecule has 1 aliphatic heterocycles. The summed E-state index contributed by atoms with van der Waals surface area (Å²) in [5.41, 5.74) is 0.398. The number of carbonyl (C=O) groups is 1. The van der Waals surface area contributed by atoms with Gasteiger partial charge in [0.2, 0.25) is 0 Å². The first kappa shape index (κ1) is 8.49. The Morgan fingerprint density at radius 2 is 2.21 bits per heavy atom. The third-order valence-electron chi connectivity index (χ3n) is 1.95. The van der Waals surface area contributed by atoms with Gasteiger partial charge in [0.15, 0.2) is 0 Å². The van der Waals surface area contributed by atoms with Gasteiger partial charge < -0.3 is 0 Å². The molecule has 0 saturated carbocycles. The van der Waals surface area contributed by atoms with Crippen LogP contribution in [-0.4, -0.2) is 22.9 Å². The molecule has 1 heterocycles. The fourth-order valence-corrected chi connectivity index (χ4v) is 1.26. The van der Waals surface area contributed by atoms with Gasteiger partial charge in [-0.1, -0.05) is 0 Å². The molecule has 1 aliphatic carbocycles. The van der Waals surface area contributed by atoms with Gasteiger partial charge >= 0.3 is 0 Å². The van der Waals surface area contributed by atoms with Crippen molar-refractivity contribution in [2.75, 3.05) is 0 Å². The number of nitro groups is 1. The van der Waals surface area contributed by atoms with E-state index in [0.29, 0.717) is 5.71 Å². The summed E-state index contributed by atoms with van der Waals surface area (Å²) in [5, 5.41) is 10.4. The SMILES string of the molecule is O=C1N=CN=C2C=CC([N+](=O)[O-])=CC12. The Morgan fingerprint density at radius 1 is 1.43 bits per heavy atom. The number of hydrogen-bond acceptors (Lipinski definition) is 4. The highest BCUT2D eigenvalue weighted by Gasteiger charge is 2.28. The van der Waals surface area contributed by atoms with Crippen LogP contribution in [0.3, 0.4) is 0 Å². The third kappa shape index (κ3) is 1.26. The molecule has 1 amide bonds. The number of allylic oxidation sites excluding steroid dienone is 2. The van der Waals surface area contributed by atoms with E-state index in [1.807, 2.05) is 0 Å². The number of carbonyl (C=O) groups excluding carboxylic acids is 1. The lowest BCUT2D eigenvalue weighted by molar-refractivity contribution is -0.419. The molecule has 0 fully saturated rings. The van der Waals surface area contributed by atoms with E-state index in [2.05, 4.69) is 9.98 Å². The molecule has 0 aromatic carbocycles. The first-order valence-corrected chi connectivity index (χ1v) is 3.87. The molecule has 2 rings (SSSR count). The second-order valence-corrected chi connectivity index (χ2v) is 2.80. The van der Waals surface area contributed by atoms with Crippen LogP contribution in [0.15, 0.2) is 33.9 Å². The summed E-state index contributed by atoms with van der Waals surface area (Å²) in [7, 11) is 0. The summed E-state index contributed by atoms with van der Waals surface area (Å²) in [6, 6.07) is 0. The lowest BCUT2D eigenvalue weighted by Crippen LogP contribution is -2.25. The Hall–Kier alpha value is -2.11. The summed E-state index contributed by atoms with van der Waals surface area (Å²) in [6.07, 6.45) is 5.20. The summed E-state index contributed by atoms with van der Waals surface area (Å²) < 4.78 is 0. The smallest absolute Gasteiger partial charge is 0.266 e. The molecule has 6 heteroatoms. The Morgan fingerprint density at radius 3 is 2.93 bits per heavy atom. The van der Waals surface area contributed by atoms with Crippen LogP contribution in [0.4, 0.5) is 0 Å². The lowest BCUT2D eigenvalue weighted by atomic mass is 9.95. The molecule has 1 atom stereocenters. The average molecular weight is 191 g/mol. The largest absolute Gasteiger partial charge is 0.271 e. The average Bonchev–Trinajstić information content (AvgIpc) is 2.18. The van der Waals surface area contributed by atoms with E-state index in [0.717, 1.165) is 6.34 Å². The monoisotopic (exact) mass is 191 g/mol. The zero-order valence-electron chi connectivity index (χ0n) is 6.95. The maximum Gasteiger partial charge on any atom is 0.266 e. The zero-order chi connectivity index (χ0) is 10.1. The number of rotatable bonds is 1. The van der Waals surface area contributed by atoms with Crippen LogP contribution < -0.4 is 0 Å². The maximum absolute atomic E-state index is 11.2. The highest BCUT2D eigenvalue weighted by Crippen LogP contribution is 2.18. The minimum absolute atomic E-state index is 0.0978. The summed E-state index contributed by atoms with van der Waals surface area (Å²) >= 11 is 0. The number of fused-ring (bicyclic) bond motifs is 1. The summed E-state index contributed by atoms with van der Waals surface area (Å²) in [6.45, 7) is 0. The second kappa shape index (κ2) is 2.99. The van der Waals surface area contributed by atoms with Gasteiger partial charge in [-0.05, 0) is 6.08 Å². The fourth-order valence-electron chi connectivity index (χ4n) is 1.26. The molecular formula is C8H5N3O3. The van der Waals surface area contributed by atoms with Crippen molar-refractivity contribution in [3.05, 3.63) is 34.0 Å².